The Hall–Kier alpha value is -4.39. The number of nitrogens with one attached hydrogen (secondary N) is 2. The number of halogens is 1. The van der Waals surface area contributed by atoms with Crippen LogP contribution in [0.15, 0.2) is 60.8 Å². The third-order valence-corrected chi connectivity index (χ3v) is 7.22. The molecule has 42 heavy (non-hydrogen) atoms. The average molecular weight is 575 g/mol. The molecule has 6 rings (SSSR count). The van der Waals surface area contributed by atoms with Crippen LogP contribution < -0.4 is 10.1 Å². The molecular formula is C30H31FN6O5. The van der Waals surface area contributed by atoms with Crippen LogP contribution in [-0.4, -0.2) is 77.4 Å². The highest BCUT2D eigenvalue weighted by Crippen LogP contribution is 2.36. The summed E-state index contributed by atoms with van der Waals surface area (Å²) < 4.78 is 36.6. The second kappa shape index (κ2) is 11.8. The van der Waals surface area contributed by atoms with E-state index in [0.29, 0.717) is 66.5 Å². The maximum atomic E-state index is 13.8. The molecule has 4 heterocycles. The molecule has 0 aliphatic carbocycles. The van der Waals surface area contributed by atoms with Gasteiger partial charge in [-0.15, -0.1) is 0 Å². The Kier molecular flexibility index (Phi) is 7.83. The van der Waals surface area contributed by atoms with E-state index in [9.17, 15) is 9.18 Å². The van der Waals surface area contributed by atoms with Gasteiger partial charge in [0.25, 0.3) is 0 Å². The monoisotopic (exact) mass is 574 g/mol. The van der Waals surface area contributed by atoms with E-state index in [1.165, 1.54) is 12.1 Å². The van der Waals surface area contributed by atoms with Gasteiger partial charge in [-0.3, -0.25) is 4.79 Å². The molecule has 0 atom stereocenters. The number of aromatic nitrogens is 4. The number of anilines is 2. The minimum absolute atomic E-state index is 0.0200. The van der Waals surface area contributed by atoms with Crippen LogP contribution >= 0.6 is 0 Å². The fourth-order valence-electron chi connectivity index (χ4n) is 4.93. The van der Waals surface area contributed by atoms with Crippen molar-refractivity contribution in [2.75, 3.05) is 51.9 Å². The Bertz CT molecular complexity index is 1550. The van der Waals surface area contributed by atoms with Crippen LogP contribution in [0, 0.1) is 11.2 Å². The molecule has 2 aliphatic heterocycles. The molecule has 12 heteroatoms. The second-order valence-electron chi connectivity index (χ2n) is 10.4. The number of aromatic amines is 1. The zero-order valence-corrected chi connectivity index (χ0v) is 23.3. The van der Waals surface area contributed by atoms with Crippen molar-refractivity contribution in [2.24, 2.45) is 5.41 Å². The molecule has 218 valence electrons. The minimum Gasteiger partial charge on any atom is -0.497 e. The molecule has 4 aromatic rings. The predicted octanol–water partition coefficient (Wildman–Crippen LogP) is 4.34. The Morgan fingerprint density at radius 2 is 1.86 bits per heavy atom. The molecule has 11 nitrogen and oxygen atoms in total. The third kappa shape index (κ3) is 5.82. The largest absolute Gasteiger partial charge is 0.497 e. The second-order valence-corrected chi connectivity index (χ2v) is 10.4. The summed E-state index contributed by atoms with van der Waals surface area (Å²) in [4.78, 5) is 32.2. The first kappa shape index (κ1) is 27.8. The van der Waals surface area contributed by atoms with Crippen LogP contribution in [0.1, 0.15) is 19.0 Å². The van der Waals surface area contributed by atoms with Gasteiger partial charge in [0.15, 0.2) is 5.82 Å². The zero-order chi connectivity index (χ0) is 29.1. The topological polar surface area (TPSA) is 124 Å². The molecule has 1 amide bonds. The van der Waals surface area contributed by atoms with Gasteiger partial charge in [0, 0.05) is 36.6 Å². The summed E-state index contributed by atoms with van der Waals surface area (Å²) in [6.07, 6.45) is 0.801. The smallest absolute Gasteiger partial charge is 0.233 e. The molecule has 0 radical (unpaired) electrons. The van der Waals surface area contributed by atoms with E-state index in [4.69, 9.17) is 28.9 Å². The average Bonchev–Trinajstić information content (AvgIpc) is 3.47. The molecule has 0 bridgehead atoms. The van der Waals surface area contributed by atoms with E-state index in [2.05, 4.69) is 15.3 Å². The van der Waals surface area contributed by atoms with Crippen molar-refractivity contribution in [3.05, 3.63) is 72.4 Å². The molecule has 2 N–H and O–H groups in total. The van der Waals surface area contributed by atoms with E-state index < -0.39 is 11.7 Å². The lowest BCUT2D eigenvalue weighted by Gasteiger charge is -2.39. The highest BCUT2D eigenvalue weighted by molar-refractivity contribution is 5.83. The van der Waals surface area contributed by atoms with Crippen LogP contribution in [0.3, 0.4) is 0 Å². The van der Waals surface area contributed by atoms with E-state index >= 15 is 0 Å². The van der Waals surface area contributed by atoms with Gasteiger partial charge in [0.05, 0.1) is 56.0 Å². The summed E-state index contributed by atoms with van der Waals surface area (Å²) >= 11 is 0. The first-order chi connectivity index (χ1) is 20.4. The van der Waals surface area contributed by atoms with Gasteiger partial charge in [0.1, 0.15) is 11.6 Å². The summed E-state index contributed by atoms with van der Waals surface area (Å²) in [5, 5.41) is 3.19. The van der Waals surface area contributed by atoms with E-state index in [0.717, 1.165) is 5.69 Å². The number of rotatable bonds is 7. The number of benzene rings is 2. The zero-order valence-electron chi connectivity index (χ0n) is 23.3. The van der Waals surface area contributed by atoms with Gasteiger partial charge < -0.3 is 34.1 Å². The quantitative estimate of drug-likeness (QED) is 0.332. The van der Waals surface area contributed by atoms with Crippen molar-refractivity contribution in [2.45, 2.75) is 13.2 Å². The van der Waals surface area contributed by atoms with E-state index in [1.54, 1.807) is 36.4 Å². The van der Waals surface area contributed by atoms with Crippen LogP contribution in [0.25, 0.3) is 22.6 Å². The molecule has 0 unspecified atom stereocenters. The SMILES string of the molecule is COc1cccc(Nc2nccc(-c3[nH]c(C4OCC(C)(C(=O)N5CCOCC5)CO4)nc3-c3ccc(F)cc3)n2)c1. The molecule has 2 aromatic carbocycles. The first-order valence-corrected chi connectivity index (χ1v) is 13.6. The van der Waals surface area contributed by atoms with E-state index in [1.807, 2.05) is 31.2 Å². The van der Waals surface area contributed by atoms with Crippen LogP contribution in [-0.2, 0) is 19.0 Å². The number of methoxy groups -OCH3 is 1. The summed E-state index contributed by atoms with van der Waals surface area (Å²) in [7, 11) is 1.60. The number of hydrogen-bond donors (Lipinski definition) is 2. The lowest BCUT2D eigenvalue weighted by molar-refractivity contribution is -0.235. The maximum Gasteiger partial charge on any atom is 0.233 e. The number of morpholine rings is 1. The molecule has 2 aromatic heterocycles. The highest BCUT2D eigenvalue weighted by Gasteiger charge is 2.43. The summed E-state index contributed by atoms with van der Waals surface area (Å²) in [6, 6.07) is 15.2. The van der Waals surface area contributed by atoms with Gasteiger partial charge in [0.2, 0.25) is 18.1 Å². The molecule has 2 aliphatic rings. The predicted molar refractivity (Wildman–Crippen MR) is 151 cm³/mol. The Labute approximate surface area is 242 Å². The summed E-state index contributed by atoms with van der Waals surface area (Å²) in [6.45, 7) is 4.31. The van der Waals surface area contributed by atoms with Crippen LogP contribution in [0.4, 0.5) is 16.0 Å². The fourth-order valence-corrected chi connectivity index (χ4v) is 4.93. The van der Waals surface area contributed by atoms with Gasteiger partial charge in [-0.05, 0) is 49.4 Å². The van der Waals surface area contributed by atoms with Gasteiger partial charge >= 0.3 is 0 Å². The third-order valence-electron chi connectivity index (χ3n) is 7.22. The normalized spacial score (nSPS) is 20.7. The number of ether oxygens (including phenoxy) is 4. The summed E-state index contributed by atoms with van der Waals surface area (Å²) in [5.41, 5.74) is 2.29. The Balaban J connectivity index is 1.27. The van der Waals surface area contributed by atoms with Crippen LogP contribution in [0.2, 0.25) is 0 Å². The number of amides is 1. The highest BCUT2D eigenvalue weighted by atomic mass is 19.1. The number of H-pyrrole nitrogens is 1. The summed E-state index contributed by atoms with van der Waals surface area (Å²) in [5.74, 6) is 1.10. The number of carbonyl (C=O) groups excluding carboxylic acids is 1. The van der Waals surface area contributed by atoms with Gasteiger partial charge in [-0.25, -0.2) is 19.3 Å². The molecular weight excluding hydrogens is 543 g/mol. The molecule has 0 saturated carbocycles. The molecule has 0 spiro atoms. The standard InChI is InChI=1S/C30H31FN6O5/c1-30(28(38)37-12-14-40-15-13-37)17-41-27(42-18-30)26-35-24(19-6-8-20(31)9-7-19)25(36-26)23-10-11-32-29(34-23)33-21-4-3-5-22(16-21)39-2/h3-11,16,27H,12-15,17-18H2,1-2H3,(H,35,36)(H,32,33,34). The maximum absolute atomic E-state index is 13.8. The van der Waals surface area contributed by atoms with E-state index in [-0.39, 0.29) is 24.9 Å². The lowest BCUT2D eigenvalue weighted by Crippen LogP contribution is -2.53. The Morgan fingerprint density at radius 3 is 2.60 bits per heavy atom. The first-order valence-electron chi connectivity index (χ1n) is 13.6. The van der Waals surface area contributed by atoms with Crippen molar-refractivity contribution in [1.29, 1.82) is 0 Å². The van der Waals surface area contributed by atoms with Crippen molar-refractivity contribution in [1.82, 2.24) is 24.8 Å². The molecule has 2 fully saturated rings. The number of nitrogens with zero attached hydrogens (tertiary/aromatic N) is 4. The number of imidazole rings is 1. The van der Waals surface area contributed by atoms with Gasteiger partial charge in [-0.1, -0.05) is 6.07 Å². The van der Waals surface area contributed by atoms with Crippen molar-refractivity contribution in [3.8, 4) is 28.4 Å². The minimum atomic E-state index is -0.834. The lowest BCUT2D eigenvalue weighted by atomic mass is 9.90. The van der Waals surface area contributed by atoms with Crippen molar-refractivity contribution < 1.29 is 28.1 Å². The molecule has 2 saturated heterocycles. The van der Waals surface area contributed by atoms with Crippen molar-refractivity contribution in [3.63, 3.8) is 0 Å². The van der Waals surface area contributed by atoms with Crippen molar-refractivity contribution >= 4 is 17.5 Å². The number of carbonyl (C=O) groups is 1. The van der Waals surface area contributed by atoms with Crippen LogP contribution in [0.5, 0.6) is 5.75 Å². The van der Waals surface area contributed by atoms with Gasteiger partial charge in [-0.2, -0.15) is 0 Å². The Morgan fingerprint density at radius 1 is 1.10 bits per heavy atom. The fraction of sp³-hybridized carbons (Fsp3) is 0.333. The number of hydrogen-bond acceptors (Lipinski definition) is 9.